The topological polar surface area (TPSA) is 92.9 Å². The number of aromatic nitrogens is 1. The summed E-state index contributed by atoms with van der Waals surface area (Å²) in [6, 6.07) is 10.7. The second-order valence-electron chi connectivity index (χ2n) is 9.53. The first-order valence-corrected chi connectivity index (χ1v) is 11.8. The number of likely N-dealkylation sites (tertiary alicyclic amines) is 1. The zero-order valence-electron chi connectivity index (χ0n) is 20.6. The number of ether oxygens (including phenoxy) is 1. The Morgan fingerprint density at radius 2 is 1.84 bits per heavy atom. The highest BCUT2D eigenvalue weighted by Gasteiger charge is 2.41. The van der Waals surface area contributed by atoms with Crippen molar-refractivity contribution in [1.29, 1.82) is 0 Å². The Hall–Kier alpha value is -3.82. The molecule has 2 heterocycles. The van der Waals surface area contributed by atoms with Crippen molar-refractivity contribution in [2.24, 2.45) is 0 Å². The summed E-state index contributed by atoms with van der Waals surface area (Å²) in [6.45, 7) is 5.64. The molecular weight excluding hydrogens is 489 g/mol. The number of hydrogen-bond acceptors (Lipinski definition) is 5. The molecule has 3 aromatic rings. The van der Waals surface area contributed by atoms with Gasteiger partial charge in [-0.05, 0) is 75.6 Å². The number of rotatable bonds is 7. The second kappa shape index (κ2) is 9.91. The molecule has 4 rings (SSSR count). The van der Waals surface area contributed by atoms with Crippen molar-refractivity contribution in [1.82, 2.24) is 9.88 Å². The predicted octanol–water partition coefficient (Wildman–Crippen LogP) is 5.60. The number of alkyl halides is 3. The quantitative estimate of drug-likeness (QED) is 0.439. The fourth-order valence-corrected chi connectivity index (χ4v) is 4.36. The van der Waals surface area contributed by atoms with Crippen molar-refractivity contribution >= 4 is 11.9 Å². The number of nitrogens with zero attached hydrogens (tertiary/aromatic N) is 2. The molecule has 1 aliphatic heterocycles. The van der Waals surface area contributed by atoms with Gasteiger partial charge in [0.05, 0.1) is 11.0 Å². The van der Waals surface area contributed by atoms with Gasteiger partial charge in [0.2, 0.25) is 11.8 Å². The Balaban J connectivity index is 1.47. The highest BCUT2D eigenvalue weighted by molar-refractivity contribution is 5.91. The Labute approximate surface area is 211 Å². The van der Waals surface area contributed by atoms with Crippen LogP contribution < -0.4 is 4.74 Å². The first-order valence-electron chi connectivity index (χ1n) is 11.8. The minimum absolute atomic E-state index is 0.0427. The number of hydrogen-bond donors (Lipinski definition) is 1. The van der Waals surface area contributed by atoms with E-state index in [1.807, 2.05) is 0 Å². The summed E-state index contributed by atoms with van der Waals surface area (Å²) in [5.41, 5.74) is -0.166. The fraction of sp³-hybridized carbons (Fsp3) is 0.370. The van der Waals surface area contributed by atoms with Crippen molar-refractivity contribution in [2.45, 2.75) is 57.9 Å². The van der Waals surface area contributed by atoms with Crippen LogP contribution in [-0.2, 0) is 27.8 Å². The normalized spacial score (nSPS) is 16.2. The highest BCUT2D eigenvalue weighted by Crippen LogP contribution is 2.33. The third-order valence-electron chi connectivity index (χ3n) is 6.62. The maximum Gasteiger partial charge on any atom is 0.416 e. The van der Waals surface area contributed by atoms with Gasteiger partial charge >= 0.3 is 12.1 Å². The summed E-state index contributed by atoms with van der Waals surface area (Å²) < 4.78 is 50.0. The molecular formula is C27H27F3N2O5. The fourth-order valence-electron chi connectivity index (χ4n) is 4.36. The van der Waals surface area contributed by atoms with Gasteiger partial charge in [0.25, 0.3) is 0 Å². The van der Waals surface area contributed by atoms with Crippen molar-refractivity contribution in [3.63, 3.8) is 0 Å². The molecule has 2 aromatic carbocycles. The third-order valence-corrected chi connectivity index (χ3v) is 6.62. The Morgan fingerprint density at radius 1 is 1.14 bits per heavy atom. The van der Waals surface area contributed by atoms with E-state index in [4.69, 9.17) is 9.15 Å². The Morgan fingerprint density at radius 3 is 2.49 bits per heavy atom. The third kappa shape index (κ3) is 5.47. The number of carboxylic acids is 1. The van der Waals surface area contributed by atoms with E-state index >= 15 is 0 Å². The van der Waals surface area contributed by atoms with E-state index in [2.05, 4.69) is 4.98 Å². The van der Waals surface area contributed by atoms with E-state index in [1.165, 1.54) is 17.0 Å². The molecule has 1 aromatic heterocycles. The number of carbonyl (C=O) groups excluding carboxylic acids is 1. The van der Waals surface area contributed by atoms with Crippen molar-refractivity contribution in [3.8, 4) is 17.2 Å². The molecule has 1 saturated heterocycles. The monoisotopic (exact) mass is 516 g/mol. The summed E-state index contributed by atoms with van der Waals surface area (Å²) >= 11 is 0. The number of amides is 1. The largest absolute Gasteiger partial charge is 0.487 e. The summed E-state index contributed by atoms with van der Waals surface area (Å²) in [5.74, 6) is -0.132. The molecule has 1 N–H and O–H groups in total. The van der Waals surface area contributed by atoms with Crippen molar-refractivity contribution in [3.05, 3.63) is 71.1 Å². The van der Waals surface area contributed by atoms with Gasteiger partial charge in [-0.3, -0.25) is 4.79 Å². The lowest BCUT2D eigenvalue weighted by Gasteiger charge is -2.32. The lowest BCUT2D eigenvalue weighted by atomic mass is 9.83. The molecule has 10 heteroatoms. The Kier molecular flexibility index (Phi) is 7.03. The van der Waals surface area contributed by atoms with E-state index in [0.29, 0.717) is 47.7 Å². The zero-order valence-corrected chi connectivity index (χ0v) is 20.6. The number of carbonyl (C=O) groups is 2. The van der Waals surface area contributed by atoms with E-state index in [-0.39, 0.29) is 18.4 Å². The number of aliphatic carboxylic acids is 1. The zero-order chi connectivity index (χ0) is 27.0. The number of aryl methyl sites for hydroxylation is 1. The first kappa shape index (κ1) is 26.2. The SMILES string of the molecule is Cc1oc(-c2ccc(C(F)(F)F)cc2)nc1COc1cccc(C(C)(C)C(=O)N2CCCC2C(=O)O)c1. The molecule has 7 nitrogen and oxygen atoms in total. The van der Waals surface area contributed by atoms with Crippen LogP contribution in [0.1, 0.15) is 49.3 Å². The highest BCUT2D eigenvalue weighted by atomic mass is 19.4. The lowest BCUT2D eigenvalue weighted by molar-refractivity contribution is -0.150. The molecule has 1 aliphatic rings. The maximum atomic E-state index is 13.3. The average Bonchev–Trinajstić information content (AvgIpc) is 3.49. The molecule has 1 fully saturated rings. The lowest BCUT2D eigenvalue weighted by Crippen LogP contribution is -2.48. The van der Waals surface area contributed by atoms with E-state index in [0.717, 1.165) is 12.1 Å². The molecule has 0 saturated carbocycles. The number of oxazole rings is 1. The van der Waals surface area contributed by atoms with Crippen molar-refractivity contribution in [2.75, 3.05) is 6.54 Å². The molecule has 1 atom stereocenters. The van der Waals surface area contributed by atoms with Crippen LogP contribution in [0.4, 0.5) is 13.2 Å². The van der Waals surface area contributed by atoms with Crippen LogP contribution in [0.25, 0.3) is 11.5 Å². The Bertz CT molecular complexity index is 1300. The summed E-state index contributed by atoms with van der Waals surface area (Å²) in [7, 11) is 0. The van der Waals surface area contributed by atoms with Crippen LogP contribution in [0.2, 0.25) is 0 Å². The second-order valence-corrected chi connectivity index (χ2v) is 9.53. The summed E-state index contributed by atoms with van der Waals surface area (Å²) in [4.78, 5) is 30.6. The predicted molar refractivity (Wildman–Crippen MR) is 128 cm³/mol. The molecule has 37 heavy (non-hydrogen) atoms. The smallest absolute Gasteiger partial charge is 0.416 e. The van der Waals surface area contributed by atoms with Gasteiger partial charge in [-0.25, -0.2) is 9.78 Å². The van der Waals surface area contributed by atoms with E-state index < -0.39 is 29.2 Å². The number of benzene rings is 2. The van der Waals surface area contributed by atoms with Crippen LogP contribution in [-0.4, -0.2) is 39.5 Å². The van der Waals surface area contributed by atoms with Crippen LogP contribution in [0.15, 0.2) is 52.9 Å². The van der Waals surface area contributed by atoms with Gasteiger partial charge in [0, 0.05) is 12.1 Å². The minimum atomic E-state index is -4.43. The molecule has 1 unspecified atom stereocenters. The maximum absolute atomic E-state index is 13.3. The molecule has 196 valence electrons. The van der Waals surface area contributed by atoms with Gasteiger partial charge in [-0.15, -0.1) is 0 Å². The number of carboxylic acid groups (broad SMARTS) is 1. The summed E-state index contributed by atoms with van der Waals surface area (Å²) in [6.07, 6.45) is -3.34. The van der Waals surface area contributed by atoms with E-state index in [1.54, 1.807) is 45.0 Å². The molecule has 0 spiro atoms. The van der Waals surface area contributed by atoms with E-state index in [9.17, 15) is 27.9 Å². The molecule has 0 bridgehead atoms. The van der Waals surface area contributed by atoms with Crippen LogP contribution in [0, 0.1) is 6.92 Å². The minimum Gasteiger partial charge on any atom is -0.487 e. The van der Waals surface area contributed by atoms with Gasteiger partial charge in [0.15, 0.2) is 0 Å². The van der Waals surface area contributed by atoms with Crippen LogP contribution in [0.3, 0.4) is 0 Å². The number of halogens is 3. The van der Waals surface area contributed by atoms with Gasteiger partial charge in [-0.2, -0.15) is 13.2 Å². The molecule has 1 amide bonds. The van der Waals surface area contributed by atoms with Crippen molar-refractivity contribution < 1.29 is 37.0 Å². The summed E-state index contributed by atoms with van der Waals surface area (Å²) in [5, 5.41) is 9.46. The van der Waals surface area contributed by atoms with Gasteiger partial charge in [0.1, 0.15) is 29.9 Å². The van der Waals surface area contributed by atoms with Gasteiger partial charge < -0.3 is 19.2 Å². The average molecular weight is 517 g/mol. The van der Waals surface area contributed by atoms with Crippen LogP contribution >= 0.6 is 0 Å². The molecule has 0 radical (unpaired) electrons. The standard InChI is InChI=1S/C27H27F3N2O5/c1-16-21(31-23(37-16)17-9-11-18(12-10-17)27(28,29)30)15-36-20-7-4-6-19(14-20)26(2,3)25(35)32-13-5-8-22(32)24(33)34/h4,6-7,9-12,14,22H,5,8,13,15H2,1-3H3,(H,33,34). The first-order chi connectivity index (χ1) is 17.4. The molecule has 0 aliphatic carbocycles. The van der Waals surface area contributed by atoms with Crippen LogP contribution in [0.5, 0.6) is 5.75 Å². The van der Waals surface area contributed by atoms with Gasteiger partial charge in [-0.1, -0.05) is 12.1 Å².